The van der Waals surface area contributed by atoms with E-state index in [4.69, 9.17) is 42.9 Å². The molecule has 0 bridgehead atoms. The van der Waals surface area contributed by atoms with Gasteiger partial charge in [-0.1, -0.05) is 0 Å². The minimum Gasteiger partial charge on any atom is -0.491 e. The van der Waals surface area contributed by atoms with E-state index in [1.165, 1.54) is 0 Å². The fraction of sp³-hybridized carbons (Fsp3) is 0.455. The summed E-state index contributed by atoms with van der Waals surface area (Å²) in [5.74, 6) is 1.60. The maximum atomic E-state index is 9.06. The van der Waals surface area contributed by atoms with Crippen LogP contribution in [0, 0.1) is 27.7 Å². The molecule has 2 aromatic rings. The highest BCUT2D eigenvalue weighted by Gasteiger charge is 2.14. The number of aliphatic hydroxyl groups is 2. The van der Waals surface area contributed by atoms with Crippen LogP contribution < -0.4 is 9.47 Å². The van der Waals surface area contributed by atoms with Crippen molar-refractivity contribution in [2.45, 2.75) is 38.4 Å². The van der Waals surface area contributed by atoms with E-state index in [9.17, 15) is 0 Å². The van der Waals surface area contributed by atoms with E-state index in [1.54, 1.807) is 0 Å². The Balaban J connectivity index is 2.27. The molecule has 2 N–H and O–H groups in total. The van der Waals surface area contributed by atoms with E-state index in [-0.39, 0.29) is 26.4 Å². The highest BCUT2D eigenvalue weighted by atomic mass is 35.5. The summed E-state index contributed by atoms with van der Waals surface area (Å²) in [5, 5.41) is 17.3. The van der Waals surface area contributed by atoms with Gasteiger partial charge in [0.25, 0.3) is 0 Å². The monoisotopic (exact) mass is 426 g/mol. The first kappa shape index (κ1) is 22.8. The smallest absolute Gasteiger partial charge is 0.125 e. The first-order chi connectivity index (χ1) is 13.3. The molecule has 0 aromatic heterocycles. The van der Waals surface area contributed by atoms with Crippen LogP contribution in [0.25, 0.3) is 11.1 Å². The molecule has 0 aliphatic heterocycles. The molecular weight excluding hydrogens is 399 g/mol. The molecular formula is C22H28Cl2O4. The molecule has 0 saturated carbocycles. The lowest BCUT2D eigenvalue weighted by Crippen LogP contribution is -2.16. The fourth-order valence-corrected chi connectivity index (χ4v) is 3.27. The van der Waals surface area contributed by atoms with Crippen molar-refractivity contribution in [2.75, 3.05) is 26.4 Å². The fourth-order valence-electron chi connectivity index (χ4n) is 3.14. The predicted molar refractivity (Wildman–Crippen MR) is 115 cm³/mol. The van der Waals surface area contributed by atoms with E-state index >= 15 is 0 Å². The third-order valence-corrected chi connectivity index (χ3v) is 5.00. The summed E-state index contributed by atoms with van der Waals surface area (Å²) >= 11 is 11.9. The summed E-state index contributed by atoms with van der Waals surface area (Å²) in [6.45, 7) is 8.29. The van der Waals surface area contributed by atoms with E-state index < -0.39 is 10.8 Å². The topological polar surface area (TPSA) is 58.9 Å². The highest BCUT2D eigenvalue weighted by molar-refractivity contribution is 6.21. The third-order valence-electron chi connectivity index (χ3n) is 4.47. The number of halogens is 2. The molecule has 0 aliphatic rings. The number of ether oxygens (including phenoxy) is 2. The van der Waals surface area contributed by atoms with Gasteiger partial charge in [0.1, 0.15) is 24.7 Å². The Bertz CT molecular complexity index is 694. The number of hydrogen-bond acceptors (Lipinski definition) is 4. The number of rotatable bonds is 9. The number of aliphatic hydroxyl groups excluding tert-OH is 2. The molecule has 2 rings (SSSR count). The van der Waals surface area contributed by atoms with Gasteiger partial charge in [-0.15, -0.1) is 23.2 Å². The van der Waals surface area contributed by atoms with Crippen molar-refractivity contribution >= 4 is 23.2 Å². The van der Waals surface area contributed by atoms with Gasteiger partial charge in [0.05, 0.1) is 24.0 Å². The SMILES string of the molecule is Cc1cc(-c2cc(C)c(OCC(Cl)CO)c(C)c2)cc(C)c1OCC(Cl)CO. The first-order valence-corrected chi connectivity index (χ1v) is 10.1. The Morgan fingerprint density at radius 1 is 0.679 bits per heavy atom. The summed E-state index contributed by atoms with van der Waals surface area (Å²) in [5.41, 5.74) is 6.24. The van der Waals surface area contributed by atoms with Gasteiger partial charge in [0.2, 0.25) is 0 Å². The van der Waals surface area contributed by atoms with Crippen LogP contribution >= 0.6 is 23.2 Å². The van der Waals surface area contributed by atoms with Crippen molar-refractivity contribution in [3.8, 4) is 22.6 Å². The minimum atomic E-state index is -0.422. The van der Waals surface area contributed by atoms with Crippen molar-refractivity contribution in [3.63, 3.8) is 0 Å². The van der Waals surface area contributed by atoms with Crippen LogP contribution in [-0.2, 0) is 0 Å². The van der Waals surface area contributed by atoms with Crippen molar-refractivity contribution in [1.29, 1.82) is 0 Å². The second-order valence-electron chi connectivity index (χ2n) is 7.06. The Kier molecular flexibility index (Phi) is 8.44. The predicted octanol–water partition coefficient (Wildman–Crippen LogP) is 4.54. The van der Waals surface area contributed by atoms with E-state index in [2.05, 4.69) is 24.3 Å². The molecule has 0 heterocycles. The normalized spacial score (nSPS) is 13.3. The molecule has 0 fully saturated rings. The molecule has 0 aliphatic carbocycles. The summed E-state index contributed by atoms with van der Waals surface area (Å²) in [6, 6.07) is 8.33. The molecule has 0 radical (unpaired) electrons. The summed E-state index contributed by atoms with van der Waals surface area (Å²) in [6.07, 6.45) is 0. The minimum absolute atomic E-state index is 0.118. The standard InChI is InChI=1S/C22H28Cl2O4/c1-13-5-17(6-14(2)21(13)27-11-19(23)9-25)18-7-15(3)22(16(4)8-18)28-12-20(24)10-26/h5-8,19-20,25-26H,9-12H2,1-4H3. The highest BCUT2D eigenvalue weighted by Crippen LogP contribution is 2.34. The molecule has 0 saturated heterocycles. The molecule has 2 unspecified atom stereocenters. The quantitative estimate of drug-likeness (QED) is 0.577. The second kappa shape index (κ2) is 10.4. The van der Waals surface area contributed by atoms with Crippen molar-refractivity contribution < 1.29 is 19.7 Å². The van der Waals surface area contributed by atoms with Crippen LogP contribution in [0.15, 0.2) is 24.3 Å². The lowest BCUT2D eigenvalue weighted by atomic mass is 9.96. The summed E-state index contributed by atoms with van der Waals surface area (Å²) < 4.78 is 11.6. The average Bonchev–Trinajstić information content (AvgIpc) is 2.65. The maximum Gasteiger partial charge on any atom is 0.125 e. The molecule has 154 valence electrons. The van der Waals surface area contributed by atoms with Crippen LogP contribution in [0.4, 0.5) is 0 Å². The van der Waals surface area contributed by atoms with Gasteiger partial charge in [-0.3, -0.25) is 0 Å². The van der Waals surface area contributed by atoms with Gasteiger partial charge >= 0.3 is 0 Å². The second-order valence-corrected chi connectivity index (χ2v) is 8.29. The van der Waals surface area contributed by atoms with Gasteiger partial charge in [-0.05, 0) is 85.3 Å². The average molecular weight is 427 g/mol. The van der Waals surface area contributed by atoms with Crippen LogP contribution in [0.1, 0.15) is 22.3 Å². The number of hydrogen-bond donors (Lipinski definition) is 2. The van der Waals surface area contributed by atoms with Crippen LogP contribution in [0.2, 0.25) is 0 Å². The molecule has 6 heteroatoms. The van der Waals surface area contributed by atoms with Gasteiger partial charge in [0, 0.05) is 0 Å². The largest absolute Gasteiger partial charge is 0.491 e. The lowest BCUT2D eigenvalue weighted by Gasteiger charge is -2.18. The summed E-state index contributed by atoms with van der Waals surface area (Å²) in [4.78, 5) is 0. The zero-order chi connectivity index (χ0) is 20.8. The van der Waals surface area contributed by atoms with Crippen LogP contribution in [-0.4, -0.2) is 47.4 Å². The molecule has 2 atom stereocenters. The van der Waals surface area contributed by atoms with Crippen molar-refractivity contribution in [2.24, 2.45) is 0 Å². The van der Waals surface area contributed by atoms with Crippen molar-refractivity contribution in [1.82, 2.24) is 0 Å². The maximum absolute atomic E-state index is 9.06. The van der Waals surface area contributed by atoms with Gasteiger partial charge in [-0.25, -0.2) is 0 Å². The van der Waals surface area contributed by atoms with E-state index in [0.29, 0.717) is 0 Å². The zero-order valence-electron chi connectivity index (χ0n) is 16.8. The van der Waals surface area contributed by atoms with Crippen LogP contribution in [0.5, 0.6) is 11.5 Å². The number of alkyl halides is 2. The van der Waals surface area contributed by atoms with Crippen LogP contribution in [0.3, 0.4) is 0 Å². The van der Waals surface area contributed by atoms with Gasteiger partial charge in [-0.2, -0.15) is 0 Å². The Morgan fingerprint density at radius 3 is 1.21 bits per heavy atom. The molecule has 4 nitrogen and oxygen atoms in total. The third kappa shape index (κ3) is 5.77. The Morgan fingerprint density at radius 2 is 0.964 bits per heavy atom. The summed E-state index contributed by atoms with van der Waals surface area (Å²) in [7, 11) is 0. The molecule has 0 spiro atoms. The Hall–Kier alpha value is -1.46. The Labute approximate surface area is 177 Å². The molecule has 0 amide bonds. The molecule has 2 aromatic carbocycles. The lowest BCUT2D eigenvalue weighted by molar-refractivity contribution is 0.236. The van der Waals surface area contributed by atoms with E-state index in [0.717, 1.165) is 44.9 Å². The molecule has 28 heavy (non-hydrogen) atoms. The number of benzene rings is 2. The van der Waals surface area contributed by atoms with Gasteiger partial charge < -0.3 is 19.7 Å². The number of aryl methyl sites for hydroxylation is 4. The zero-order valence-corrected chi connectivity index (χ0v) is 18.3. The van der Waals surface area contributed by atoms with Crippen molar-refractivity contribution in [3.05, 3.63) is 46.5 Å². The first-order valence-electron chi connectivity index (χ1n) is 9.25. The van der Waals surface area contributed by atoms with Gasteiger partial charge in [0.15, 0.2) is 0 Å². The van der Waals surface area contributed by atoms with E-state index in [1.807, 2.05) is 27.7 Å².